The van der Waals surface area contributed by atoms with Crippen LogP contribution in [0.5, 0.6) is 17.2 Å². The Morgan fingerprint density at radius 3 is 2.86 bits per heavy atom. The molecule has 0 bridgehead atoms. The molecule has 7 nitrogen and oxygen atoms in total. The Kier molecular flexibility index (Phi) is 6.10. The standard InChI is InChI=1S/C20H22N4O3S/c1-4-26-18-10-14(8-9-17(18)25)12-21-24-19(22-23-20(24)28)15-6-5-7-16(11-15)27-13(2)3/h5-13,25H,4H2,1-3H3,(H,23,28)/b21-12-. The number of phenols is 1. The first-order valence-corrected chi connectivity index (χ1v) is 9.33. The molecule has 0 spiro atoms. The van der Waals surface area contributed by atoms with E-state index in [-0.39, 0.29) is 11.9 Å². The molecule has 0 unspecified atom stereocenters. The number of hydrogen-bond donors (Lipinski definition) is 2. The van der Waals surface area contributed by atoms with Gasteiger partial charge in [0, 0.05) is 5.56 Å². The van der Waals surface area contributed by atoms with E-state index in [1.807, 2.05) is 45.0 Å². The second kappa shape index (κ2) is 8.71. The molecule has 0 atom stereocenters. The summed E-state index contributed by atoms with van der Waals surface area (Å²) < 4.78 is 13.1. The molecule has 0 aliphatic heterocycles. The summed E-state index contributed by atoms with van der Waals surface area (Å²) >= 11 is 5.31. The monoisotopic (exact) mass is 398 g/mol. The number of rotatable bonds is 7. The van der Waals surface area contributed by atoms with Crippen molar-refractivity contribution in [2.45, 2.75) is 26.9 Å². The van der Waals surface area contributed by atoms with Gasteiger partial charge in [-0.1, -0.05) is 12.1 Å². The van der Waals surface area contributed by atoms with E-state index in [4.69, 9.17) is 21.7 Å². The van der Waals surface area contributed by atoms with E-state index >= 15 is 0 Å². The van der Waals surface area contributed by atoms with Gasteiger partial charge < -0.3 is 14.6 Å². The maximum Gasteiger partial charge on any atom is 0.216 e. The zero-order chi connectivity index (χ0) is 20.1. The molecule has 1 aromatic heterocycles. The van der Waals surface area contributed by atoms with Gasteiger partial charge in [0.05, 0.1) is 18.9 Å². The minimum absolute atomic E-state index is 0.0723. The molecule has 3 rings (SSSR count). The summed E-state index contributed by atoms with van der Waals surface area (Å²) in [5.41, 5.74) is 1.58. The number of H-pyrrole nitrogens is 1. The Hall–Kier alpha value is -3.13. The minimum atomic E-state index is 0.0723. The normalized spacial score (nSPS) is 11.3. The number of nitrogens with one attached hydrogen (secondary N) is 1. The third-order valence-electron chi connectivity index (χ3n) is 3.72. The number of aromatic nitrogens is 3. The lowest BCUT2D eigenvalue weighted by Crippen LogP contribution is -2.05. The van der Waals surface area contributed by atoms with Gasteiger partial charge in [0.1, 0.15) is 5.75 Å². The first-order valence-electron chi connectivity index (χ1n) is 8.92. The predicted octanol–water partition coefficient (Wildman–Crippen LogP) is 4.38. The molecule has 8 heteroatoms. The number of aromatic hydroxyl groups is 1. The van der Waals surface area contributed by atoms with Crippen molar-refractivity contribution in [3.63, 3.8) is 0 Å². The fourth-order valence-electron chi connectivity index (χ4n) is 2.57. The van der Waals surface area contributed by atoms with Gasteiger partial charge in [-0.3, -0.25) is 0 Å². The lowest BCUT2D eigenvalue weighted by atomic mass is 10.2. The predicted molar refractivity (Wildman–Crippen MR) is 111 cm³/mol. The molecule has 0 aliphatic rings. The third-order valence-corrected chi connectivity index (χ3v) is 3.98. The van der Waals surface area contributed by atoms with Crippen molar-refractivity contribution in [1.82, 2.24) is 14.9 Å². The van der Waals surface area contributed by atoms with Crippen molar-refractivity contribution in [3.05, 3.63) is 52.8 Å². The van der Waals surface area contributed by atoms with E-state index in [1.54, 1.807) is 24.4 Å². The highest BCUT2D eigenvalue weighted by atomic mass is 32.1. The van der Waals surface area contributed by atoms with Crippen molar-refractivity contribution in [3.8, 4) is 28.6 Å². The summed E-state index contributed by atoms with van der Waals surface area (Å²) in [6.07, 6.45) is 1.70. The molecule has 0 aliphatic carbocycles. The van der Waals surface area contributed by atoms with Crippen molar-refractivity contribution in [2.75, 3.05) is 6.61 Å². The van der Waals surface area contributed by atoms with E-state index in [0.29, 0.717) is 23.0 Å². The lowest BCUT2D eigenvalue weighted by molar-refractivity contribution is 0.242. The van der Waals surface area contributed by atoms with Crippen LogP contribution in [0.3, 0.4) is 0 Å². The molecule has 0 radical (unpaired) electrons. The summed E-state index contributed by atoms with van der Waals surface area (Å²) in [6, 6.07) is 12.6. The van der Waals surface area contributed by atoms with Crippen LogP contribution in [0.2, 0.25) is 0 Å². The van der Waals surface area contributed by atoms with Gasteiger partial charge in [-0.15, -0.1) is 0 Å². The number of nitrogens with zero attached hydrogens (tertiary/aromatic N) is 3. The minimum Gasteiger partial charge on any atom is -0.504 e. The van der Waals surface area contributed by atoms with E-state index < -0.39 is 0 Å². The first kappa shape index (κ1) is 19.6. The Labute approximate surface area is 168 Å². The van der Waals surface area contributed by atoms with Crippen LogP contribution in [0.15, 0.2) is 47.6 Å². The average molecular weight is 398 g/mol. The summed E-state index contributed by atoms with van der Waals surface area (Å²) in [5.74, 6) is 1.80. The van der Waals surface area contributed by atoms with Gasteiger partial charge in [0.2, 0.25) is 4.77 Å². The molecule has 0 fully saturated rings. The second-order valence-corrected chi connectivity index (χ2v) is 6.65. The highest BCUT2D eigenvalue weighted by Crippen LogP contribution is 2.26. The number of ether oxygens (including phenoxy) is 2. The van der Waals surface area contributed by atoms with E-state index in [9.17, 15) is 5.11 Å². The molecule has 3 aromatic rings. The summed E-state index contributed by atoms with van der Waals surface area (Å²) in [6.45, 7) is 6.26. The van der Waals surface area contributed by atoms with Gasteiger partial charge in [0.15, 0.2) is 17.3 Å². The molecule has 2 aromatic carbocycles. The van der Waals surface area contributed by atoms with Gasteiger partial charge in [-0.25, -0.2) is 5.10 Å². The molecule has 0 saturated heterocycles. The van der Waals surface area contributed by atoms with Crippen molar-refractivity contribution in [2.24, 2.45) is 5.10 Å². The topological polar surface area (TPSA) is 84.7 Å². The zero-order valence-corrected chi connectivity index (χ0v) is 16.7. The van der Waals surface area contributed by atoms with Crippen LogP contribution in [0, 0.1) is 4.77 Å². The van der Waals surface area contributed by atoms with Crippen LogP contribution in [0.25, 0.3) is 11.4 Å². The van der Waals surface area contributed by atoms with E-state index in [1.165, 1.54) is 4.68 Å². The van der Waals surface area contributed by atoms with Crippen molar-refractivity contribution >= 4 is 18.4 Å². The van der Waals surface area contributed by atoms with Crippen LogP contribution in [-0.2, 0) is 0 Å². The van der Waals surface area contributed by atoms with Crippen LogP contribution < -0.4 is 9.47 Å². The molecule has 146 valence electrons. The highest BCUT2D eigenvalue weighted by molar-refractivity contribution is 7.71. The molecule has 28 heavy (non-hydrogen) atoms. The quantitative estimate of drug-likeness (QED) is 0.456. The smallest absolute Gasteiger partial charge is 0.216 e. The molecular formula is C20H22N4O3S. The Bertz CT molecular complexity index is 1040. The van der Waals surface area contributed by atoms with Crippen LogP contribution >= 0.6 is 12.2 Å². The maximum absolute atomic E-state index is 9.83. The van der Waals surface area contributed by atoms with Crippen LogP contribution in [-0.4, -0.2) is 38.9 Å². The Balaban J connectivity index is 1.93. The first-order chi connectivity index (χ1) is 13.5. The summed E-state index contributed by atoms with van der Waals surface area (Å²) in [7, 11) is 0. The van der Waals surface area contributed by atoms with Crippen LogP contribution in [0.1, 0.15) is 26.3 Å². The fourth-order valence-corrected chi connectivity index (χ4v) is 2.75. The number of phenolic OH excluding ortho intramolecular Hbond substituents is 1. The van der Waals surface area contributed by atoms with Crippen LogP contribution in [0.4, 0.5) is 0 Å². The van der Waals surface area contributed by atoms with Gasteiger partial charge in [0.25, 0.3) is 0 Å². The molecule has 1 heterocycles. The Morgan fingerprint density at radius 2 is 2.11 bits per heavy atom. The molecular weight excluding hydrogens is 376 g/mol. The average Bonchev–Trinajstić information content (AvgIpc) is 3.03. The van der Waals surface area contributed by atoms with Gasteiger partial charge in [-0.2, -0.15) is 14.9 Å². The van der Waals surface area contributed by atoms with Crippen molar-refractivity contribution < 1.29 is 14.6 Å². The maximum atomic E-state index is 9.83. The van der Waals surface area contributed by atoms with Crippen molar-refractivity contribution in [1.29, 1.82) is 0 Å². The van der Waals surface area contributed by atoms with E-state index in [2.05, 4.69) is 15.3 Å². The van der Waals surface area contributed by atoms with E-state index in [0.717, 1.165) is 16.9 Å². The Morgan fingerprint density at radius 1 is 1.29 bits per heavy atom. The number of hydrogen-bond acceptors (Lipinski definition) is 6. The lowest BCUT2D eigenvalue weighted by Gasteiger charge is -2.10. The van der Waals surface area contributed by atoms with Gasteiger partial charge in [-0.05, 0) is 68.9 Å². The fraction of sp³-hybridized carbons (Fsp3) is 0.250. The second-order valence-electron chi connectivity index (χ2n) is 6.26. The number of benzene rings is 2. The SMILES string of the molecule is CCOc1cc(/C=N\n2c(-c3cccc(OC(C)C)c3)n[nH]c2=S)ccc1O. The molecule has 0 saturated carbocycles. The molecule has 2 N–H and O–H groups in total. The zero-order valence-electron chi connectivity index (χ0n) is 15.9. The largest absolute Gasteiger partial charge is 0.504 e. The highest BCUT2D eigenvalue weighted by Gasteiger charge is 2.10. The van der Waals surface area contributed by atoms with Gasteiger partial charge >= 0.3 is 0 Å². The summed E-state index contributed by atoms with van der Waals surface area (Å²) in [5, 5.41) is 21.3. The summed E-state index contributed by atoms with van der Waals surface area (Å²) in [4.78, 5) is 0. The molecule has 0 amide bonds. The third kappa shape index (κ3) is 4.58. The number of aromatic amines is 1.